The average molecular weight is 495 g/mol. The van der Waals surface area contributed by atoms with Crippen LogP contribution in [0.4, 0.5) is 11.4 Å². The zero-order valence-corrected chi connectivity index (χ0v) is 18.8. The minimum atomic E-state index is -0.901. The predicted molar refractivity (Wildman–Crippen MR) is 123 cm³/mol. The highest BCUT2D eigenvalue weighted by atomic mass is 35.5. The number of nitro benzene ring substituents is 1. The van der Waals surface area contributed by atoms with Gasteiger partial charge in [-0.25, -0.2) is 9.69 Å². The quantitative estimate of drug-likeness (QED) is 0.157. The monoisotopic (exact) mass is 494 g/mol. The van der Waals surface area contributed by atoms with E-state index in [0.29, 0.717) is 4.90 Å². The predicted octanol–water partition coefficient (Wildman–Crippen LogP) is 4.10. The van der Waals surface area contributed by atoms with Crippen LogP contribution in [0, 0.1) is 10.1 Å². The molecular weight excluding hydrogens is 480 g/mol. The molecule has 1 aliphatic heterocycles. The smallest absolute Gasteiger partial charge is 0.338 e. The molecule has 0 fully saturated rings. The number of nitro groups is 1. The number of fused-ring (bicyclic) bond motifs is 1. The first-order chi connectivity index (χ1) is 16.7. The van der Waals surface area contributed by atoms with Gasteiger partial charge in [-0.1, -0.05) is 23.7 Å². The van der Waals surface area contributed by atoms with Crippen molar-refractivity contribution in [3.63, 3.8) is 0 Å². The van der Waals surface area contributed by atoms with Crippen LogP contribution in [0.1, 0.15) is 41.4 Å². The Labute approximate surface area is 202 Å². The van der Waals surface area contributed by atoms with Crippen molar-refractivity contribution in [1.29, 1.82) is 0 Å². The van der Waals surface area contributed by atoms with Gasteiger partial charge < -0.3 is 9.47 Å². The molecule has 0 atom stereocenters. The second-order valence-electron chi connectivity index (χ2n) is 7.30. The Morgan fingerprint density at radius 1 is 1.00 bits per heavy atom. The highest BCUT2D eigenvalue weighted by Gasteiger charge is 2.40. The van der Waals surface area contributed by atoms with Gasteiger partial charge in [0.25, 0.3) is 17.5 Å². The van der Waals surface area contributed by atoms with E-state index in [1.54, 1.807) is 12.1 Å². The van der Waals surface area contributed by atoms with Gasteiger partial charge in [0.2, 0.25) is 5.78 Å². The summed E-state index contributed by atoms with van der Waals surface area (Å²) in [6.07, 6.45) is 0. The van der Waals surface area contributed by atoms with Gasteiger partial charge in [0.1, 0.15) is 11.4 Å². The number of ketones is 1. The Morgan fingerprint density at radius 3 is 2.40 bits per heavy atom. The normalized spacial score (nSPS) is 12.3. The van der Waals surface area contributed by atoms with Crippen molar-refractivity contribution in [2.24, 2.45) is 0 Å². The van der Waals surface area contributed by atoms with Crippen molar-refractivity contribution in [3.8, 4) is 5.75 Å². The van der Waals surface area contributed by atoms with Crippen molar-refractivity contribution in [2.45, 2.75) is 0 Å². The maximum atomic E-state index is 13.0. The highest BCUT2D eigenvalue weighted by Crippen LogP contribution is 2.37. The lowest BCUT2D eigenvalue weighted by molar-refractivity contribution is -0.384. The summed E-state index contributed by atoms with van der Waals surface area (Å²) < 4.78 is 10.0. The van der Waals surface area contributed by atoms with Gasteiger partial charge in [-0.2, -0.15) is 0 Å². The van der Waals surface area contributed by atoms with Crippen LogP contribution in [0.3, 0.4) is 0 Å². The van der Waals surface area contributed by atoms with Gasteiger partial charge in [-0.15, -0.1) is 0 Å². The zero-order chi connectivity index (χ0) is 25.3. The van der Waals surface area contributed by atoms with Crippen molar-refractivity contribution in [2.75, 3.05) is 18.6 Å². The Morgan fingerprint density at radius 2 is 1.71 bits per heavy atom. The molecule has 4 rings (SSSR count). The number of benzene rings is 3. The fourth-order valence-corrected chi connectivity index (χ4v) is 3.77. The maximum Gasteiger partial charge on any atom is 0.338 e. The molecular formula is C24H15ClN2O8. The summed E-state index contributed by atoms with van der Waals surface area (Å²) in [7, 11) is 1.32. The van der Waals surface area contributed by atoms with Crippen molar-refractivity contribution < 1.29 is 33.6 Å². The highest BCUT2D eigenvalue weighted by molar-refractivity contribution is 6.35. The first-order valence-corrected chi connectivity index (χ1v) is 10.4. The first kappa shape index (κ1) is 23.6. The molecule has 2 amide bonds. The van der Waals surface area contributed by atoms with Crippen LogP contribution < -0.4 is 9.64 Å². The third kappa shape index (κ3) is 4.34. The summed E-state index contributed by atoms with van der Waals surface area (Å²) >= 11 is 5.97. The largest absolute Gasteiger partial charge is 0.496 e. The van der Waals surface area contributed by atoms with Crippen LogP contribution in [0.15, 0.2) is 60.7 Å². The molecule has 1 aliphatic rings. The average Bonchev–Trinajstić information content (AvgIpc) is 3.11. The molecule has 3 aromatic carbocycles. The van der Waals surface area contributed by atoms with E-state index in [2.05, 4.69) is 0 Å². The molecule has 0 aliphatic carbocycles. The summed E-state index contributed by atoms with van der Waals surface area (Å²) in [6, 6.07) is 13.6. The lowest BCUT2D eigenvalue weighted by Gasteiger charge is -2.14. The fourth-order valence-electron chi connectivity index (χ4n) is 3.53. The third-order valence-corrected chi connectivity index (χ3v) is 5.58. The Kier molecular flexibility index (Phi) is 6.30. The first-order valence-electron chi connectivity index (χ1n) is 10.0. The second kappa shape index (κ2) is 9.35. The standard InChI is InChI=1S/C24H15ClN2O8/c1-34-14-7-9-19(20(11-14)27(32)33)26-22(29)15-8-6-13(10-17(15)23(26)30)24(31)35-12-21(28)16-4-2-3-5-18(16)25/h2-11H,12H2,1H3. The van der Waals surface area contributed by atoms with Gasteiger partial charge >= 0.3 is 5.97 Å². The number of anilines is 1. The number of carbonyl (C=O) groups excluding carboxylic acids is 4. The molecule has 35 heavy (non-hydrogen) atoms. The van der Waals surface area contributed by atoms with E-state index in [0.717, 1.165) is 12.1 Å². The second-order valence-corrected chi connectivity index (χ2v) is 7.70. The van der Waals surface area contributed by atoms with E-state index in [4.69, 9.17) is 21.1 Å². The molecule has 3 aromatic rings. The molecule has 0 saturated heterocycles. The van der Waals surface area contributed by atoms with E-state index in [-0.39, 0.29) is 38.7 Å². The minimum absolute atomic E-state index is 0.0381. The van der Waals surface area contributed by atoms with Crippen LogP contribution in [0.5, 0.6) is 5.75 Å². The molecule has 0 N–H and O–H groups in total. The number of methoxy groups -OCH3 is 1. The number of rotatable bonds is 7. The number of ether oxygens (including phenoxy) is 2. The minimum Gasteiger partial charge on any atom is -0.496 e. The third-order valence-electron chi connectivity index (χ3n) is 5.25. The molecule has 0 radical (unpaired) electrons. The fraction of sp³-hybridized carbons (Fsp3) is 0.0833. The lowest BCUT2D eigenvalue weighted by Crippen LogP contribution is -2.30. The van der Waals surface area contributed by atoms with Crippen molar-refractivity contribution >= 4 is 46.5 Å². The lowest BCUT2D eigenvalue weighted by atomic mass is 10.1. The number of carbonyl (C=O) groups is 4. The van der Waals surface area contributed by atoms with E-state index in [1.807, 2.05) is 0 Å². The Bertz CT molecular complexity index is 1420. The number of Topliss-reactive ketones (excluding diaryl/α,β-unsaturated/α-hetero) is 1. The number of esters is 1. The summed E-state index contributed by atoms with van der Waals surface area (Å²) in [5, 5.41) is 11.7. The molecule has 0 aromatic heterocycles. The number of imide groups is 1. The molecule has 11 heteroatoms. The Balaban J connectivity index is 1.57. The molecule has 0 saturated carbocycles. The Hall–Kier alpha value is -4.57. The van der Waals surface area contributed by atoms with Crippen LogP contribution >= 0.6 is 11.6 Å². The molecule has 0 spiro atoms. The van der Waals surface area contributed by atoms with E-state index in [1.165, 1.54) is 43.5 Å². The summed E-state index contributed by atoms with van der Waals surface area (Å²) in [5.74, 6) is -2.88. The number of amides is 2. The number of halogens is 1. The van der Waals surface area contributed by atoms with Gasteiger partial charge in [0.15, 0.2) is 6.61 Å². The van der Waals surface area contributed by atoms with Crippen molar-refractivity contribution in [1.82, 2.24) is 0 Å². The zero-order valence-electron chi connectivity index (χ0n) is 18.0. The van der Waals surface area contributed by atoms with Gasteiger partial charge in [0.05, 0.1) is 39.8 Å². The topological polar surface area (TPSA) is 133 Å². The maximum absolute atomic E-state index is 13.0. The van der Waals surface area contributed by atoms with Crippen LogP contribution in [-0.2, 0) is 4.74 Å². The van der Waals surface area contributed by atoms with Crippen molar-refractivity contribution in [3.05, 3.63) is 98.1 Å². The molecule has 1 heterocycles. The SMILES string of the molecule is COc1ccc(N2C(=O)c3ccc(C(=O)OCC(=O)c4ccccc4Cl)cc3C2=O)c([N+](=O)[O-])c1. The molecule has 10 nitrogen and oxygen atoms in total. The van der Waals surface area contributed by atoms with E-state index < -0.39 is 40.8 Å². The van der Waals surface area contributed by atoms with Gasteiger partial charge in [-0.05, 0) is 42.5 Å². The summed E-state index contributed by atoms with van der Waals surface area (Å²) in [6.45, 7) is -0.587. The van der Waals surface area contributed by atoms with Crippen LogP contribution in [-0.4, -0.2) is 42.2 Å². The number of hydrogen-bond donors (Lipinski definition) is 0. The summed E-state index contributed by atoms with van der Waals surface area (Å²) in [5.41, 5.74) is -0.805. The van der Waals surface area contributed by atoms with E-state index in [9.17, 15) is 29.3 Å². The number of hydrogen-bond acceptors (Lipinski definition) is 8. The summed E-state index contributed by atoms with van der Waals surface area (Å²) in [4.78, 5) is 62.2. The molecule has 0 unspecified atom stereocenters. The van der Waals surface area contributed by atoms with Crippen LogP contribution in [0.2, 0.25) is 5.02 Å². The van der Waals surface area contributed by atoms with Crippen LogP contribution in [0.25, 0.3) is 0 Å². The van der Waals surface area contributed by atoms with Gasteiger partial charge in [0, 0.05) is 5.56 Å². The van der Waals surface area contributed by atoms with E-state index >= 15 is 0 Å². The molecule has 176 valence electrons. The van der Waals surface area contributed by atoms with Gasteiger partial charge in [-0.3, -0.25) is 24.5 Å². The molecule has 0 bridgehead atoms. The number of nitrogens with zero attached hydrogens (tertiary/aromatic N) is 2.